The molecule has 0 aliphatic heterocycles. The van der Waals surface area contributed by atoms with Gasteiger partial charge >= 0.3 is 0 Å². The molecule has 0 atom stereocenters. The first-order chi connectivity index (χ1) is 7.75. The van der Waals surface area contributed by atoms with E-state index in [9.17, 15) is 0 Å². The topological polar surface area (TPSA) is 21.3 Å². The van der Waals surface area contributed by atoms with Crippen LogP contribution in [0.1, 0.15) is 18.1 Å². The molecule has 88 valence electrons. The van der Waals surface area contributed by atoms with E-state index >= 15 is 0 Å². The molecule has 0 aliphatic rings. The molecule has 0 aromatic heterocycles. The van der Waals surface area contributed by atoms with E-state index in [0.717, 1.165) is 18.8 Å². The van der Waals surface area contributed by atoms with E-state index in [0.29, 0.717) is 6.61 Å². The standard InChI is InChI=1S/C14H21NO/c1-4-15-10-5-6-11-16-14-9-7-8-12(2)13(14)3/h5-9,15H,4,10-11H2,1-3H3/b6-5+. The molecule has 1 aromatic carbocycles. The minimum absolute atomic E-state index is 0.635. The number of aryl methyl sites for hydroxylation is 1. The average molecular weight is 219 g/mol. The summed E-state index contributed by atoms with van der Waals surface area (Å²) in [6, 6.07) is 6.14. The second kappa shape index (κ2) is 7.07. The summed E-state index contributed by atoms with van der Waals surface area (Å²) in [5.41, 5.74) is 2.50. The fourth-order valence-corrected chi connectivity index (χ4v) is 1.40. The van der Waals surface area contributed by atoms with Crippen LogP contribution in [0.3, 0.4) is 0 Å². The Kier molecular flexibility index (Phi) is 5.65. The van der Waals surface area contributed by atoms with Crippen LogP contribution in [0.4, 0.5) is 0 Å². The maximum absolute atomic E-state index is 5.68. The van der Waals surface area contributed by atoms with E-state index in [1.54, 1.807) is 0 Å². The van der Waals surface area contributed by atoms with E-state index in [4.69, 9.17) is 4.74 Å². The zero-order valence-electron chi connectivity index (χ0n) is 10.4. The van der Waals surface area contributed by atoms with Gasteiger partial charge in [0, 0.05) is 6.54 Å². The normalized spacial score (nSPS) is 10.9. The molecule has 1 aromatic rings. The Balaban J connectivity index is 2.37. The van der Waals surface area contributed by atoms with Crippen LogP contribution < -0.4 is 10.1 Å². The van der Waals surface area contributed by atoms with Crippen molar-refractivity contribution in [3.05, 3.63) is 41.5 Å². The lowest BCUT2D eigenvalue weighted by Gasteiger charge is -2.08. The van der Waals surface area contributed by atoms with Crippen molar-refractivity contribution in [2.45, 2.75) is 20.8 Å². The molecule has 16 heavy (non-hydrogen) atoms. The van der Waals surface area contributed by atoms with Crippen molar-refractivity contribution in [2.75, 3.05) is 19.7 Å². The monoisotopic (exact) mass is 219 g/mol. The van der Waals surface area contributed by atoms with Crippen LogP contribution in [-0.4, -0.2) is 19.7 Å². The van der Waals surface area contributed by atoms with Gasteiger partial charge in [-0.3, -0.25) is 0 Å². The summed E-state index contributed by atoms with van der Waals surface area (Å²) in [5.74, 6) is 0.980. The molecule has 1 rings (SSSR count). The number of hydrogen-bond donors (Lipinski definition) is 1. The molecule has 2 nitrogen and oxygen atoms in total. The molecule has 0 aliphatic carbocycles. The van der Waals surface area contributed by atoms with Crippen LogP contribution in [0.2, 0.25) is 0 Å². The van der Waals surface area contributed by atoms with Crippen molar-refractivity contribution >= 4 is 0 Å². The molecule has 0 radical (unpaired) electrons. The third kappa shape index (κ3) is 4.07. The molecule has 1 N–H and O–H groups in total. The van der Waals surface area contributed by atoms with Gasteiger partial charge in [0.05, 0.1) is 0 Å². The highest BCUT2D eigenvalue weighted by atomic mass is 16.5. The summed E-state index contributed by atoms with van der Waals surface area (Å²) in [6.45, 7) is 8.83. The predicted octanol–water partition coefficient (Wildman–Crippen LogP) is 2.85. The number of likely N-dealkylation sites (N-methyl/N-ethyl adjacent to an activating group) is 1. The predicted molar refractivity (Wildman–Crippen MR) is 69.1 cm³/mol. The first kappa shape index (κ1) is 12.8. The van der Waals surface area contributed by atoms with E-state index < -0.39 is 0 Å². The molecule has 0 heterocycles. The lowest BCUT2D eigenvalue weighted by Crippen LogP contribution is -2.11. The van der Waals surface area contributed by atoms with Gasteiger partial charge in [-0.25, -0.2) is 0 Å². The molecule has 0 amide bonds. The SMILES string of the molecule is CCNC/C=C/COc1cccc(C)c1C. The molecule has 2 heteroatoms. The fourth-order valence-electron chi connectivity index (χ4n) is 1.40. The maximum Gasteiger partial charge on any atom is 0.122 e. The summed E-state index contributed by atoms with van der Waals surface area (Å²) in [7, 11) is 0. The Hall–Kier alpha value is -1.28. The second-order valence-electron chi connectivity index (χ2n) is 3.79. The van der Waals surface area contributed by atoms with E-state index in [1.165, 1.54) is 11.1 Å². The zero-order chi connectivity index (χ0) is 11.8. The molecule has 0 saturated carbocycles. The Labute approximate surface area is 98.3 Å². The van der Waals surface area contributed by atoms with Crippen LogP contribution in [0.5, 0.6) is 5.75 Å². The molecule has 0 bridgehead atoms. The van der Waals surface area contributed by atoms with Crippen LogP contribution in [0.15, 0.2) is 30.4 Å². The molecular formula is C14H21NO. The van der Waals surface area contributed by atoms with Gasteiger partial charge in [-0.2, -0.15) is 0 Å². The summed E-state index contributed by atoms with van der Waals surface area (Å²) < 4.78 is 5.68. The number of benzene rings is 1. The highest BCUT2D eigenvalue weighted by Gasteiger charge is 1.99. The van der Waals surface area contributed by atoms with Crippen molar-refractivity contribution in [3.8, 4) is 5.75 Å². The van der Waals surface area contributed by atoms with Crippen molar-refractivity contribution in [1.29, 1.82) is 0 Å². The van der Waals surface area contributed by atoms with Gasteiger partial charge in [0.15, 0.2) is 0 Å². The van der Waals surface area contributed by atoms with Gasteiger partial charge in [-0.05, 0) is 37.6 Å². The lowest BCUT2D eigenvalue weighted by molar-refractivity contribution is 0.359. The molecule has 0 saturated heterocycles. The minimum atomic E-state index is 0.635. The Morgan fingerprint density at radius 1 is 1.25 bits per heavy atom. The quantitative estimate of drug-likeness (QED) is 0.587. The maximum atomic E-state index is 5.68. The van der Waals surface area contributed by atoms with Crippen molar-refractivity contribution in [2.24, 2.45) is 0 Å². The molecular weight excluding hydrogens is 198 g/mol. The minimum Gasteiger partial charge on any atom is -0.489 e. The van der Waals surface area contributed by atoms with E-state index in [-0.39, 0.29) is 0 Å². The van der Waals surface area contributed by atoms with E-state index in [1.807, 2.05) is 18.2 Å². The highest BCUT2D eigenvalue weighted by molar-refractivity contribution is 5.38. The van der Waals surface area contributed by atoms with Gasteiger partial charge in [-0.1, -0.05) is 31.2 Å². The number of hydrogen-bond acceptors (Lipinski definition) is 2. The summed E-state index contributed by atoms with van der Waals surface area (Å²) in [4.78, 5) is 0. The number of nitrogens with one attached hydrogen (secondary N) is 1. The Morgan fingerprint density at radius 3 is 2.81 bits per heavy atom. The van der Waals surface area contributed by atoms with Crippen LogP contribution in [-0.2, 0) is 0 Å². The molecule has 0 spiro atoms. The van der Waals surface area contributed by atoms with Crippen LogP contribution >= 0.6 is 0 Å². The van der Waals surface area contributed by atoms with Gasteiger partial charge in [0.2, 0.25) is 0 Å². The summed E-state index contributed by atoms with van der Waals surface area (Å²) in [6.07, 6.45) is 4.14. The van der Waals surface area contributed by atoms with Gasteiger partial charge in [0.1, 0.15) is 12.4 Å². The third-order valence-electron chi connectivity index (χ3n) is 2.57. The Bertz CT molecular complexity index is 345. The first-order valence-corrected chi connectivity index (χ1v) is 5.80. The molecule has 0 unspecified atom stereocenters. The van der Waals surface area contributed by atoms with E-state index in [2.05, 4.69) is 38.2 Å². The van der Waals surface area contributed by atoms with Crippen molar-refractivity contribution in [1.82, 2.24) is 5.32 Å². The number of ether oxygens (including phenoxy) is 1. The second-order valence-corrected chi connectivity index (χ2v) is 3.79. The lowest BCUT2D eigenvalue weighted by atomic mass is 10.1. The van der Waals surface area contributed by atoms with Crippen LogP contribution in [0.25, 0.3) is 0 Å². The average Bonchev–Trinajstić information content (AvgIpc) is 2.29. The first-order valence-electron chi connectivity index (χ1n) is 5.80. The highest BCUT2D eigenvalue weighted by Crippen LogP contribution is 2.20. The van der Waals surface area contributed by atoms with Crippen molar-refractivity contribution < 1.29 is 4.74 Å². The van der Waals surface area contributed by atoms with Gasteiger partial charge in [-0.15, -0.1) is 0 Å². The third-order valence-corrected chi connectivity index (χ3v) is 2.57. The van der Waals surface area contributed by atoms with Crippen molar-refractivity contribution in [3.63, 3.8) is 0 Å². The zero-order valence-corrected chi connectivity index (χ0v) is 10.4. The van der Waals surface area contributed by atoms with Crippen LogP contribution in [0, 0.1) is 13.8 Å². The van der Waals surface area contributed by atoms with Gasteiger partial charge < -0.3 is 10.1 Å². The molecule has 0 fully saturated rings. The number of rotatable bonds is 6. The van der Waals surface area contributed by atoms with Gasteiger partial charge in [0.25, 0.3) is 0 Å². The summed E-state index contributed by atoms with van der Waals surface area (Å²) in [5, 5.41) is 3.23. The summed E-state index contributed by atoms with van der Waals surface area (Å²) >= 11 is 0. The largest absolute Gasteiger partial charge is 0.489 e. The smallest absolute Gasteiger partial charge is 0.122 e. The fraction of sp³-hybridized carbons (Fsp3) is 0.429. The Morgan fingerprint density at radius 2 is 2.06 bits per heavy atom.